The van der Waals surface area contributed by atoms with Crippen LogP contribution < -0.4 is 0 Å². The van der Waals surface area contributed by atoms with Crippen LogP contribution in [0.5, 0.6) is 0 Å². The number of hydrogen-bond acceptors (Lipinski definition) is 2. The lowest BCUT2D eigenvalue weighted by atomic mass is 9.57. The van der Waals surface area contributed by atoms with Crippen LogP contribution in [0.25, 0.3) is 0 Å². The number of piperazine rings is 1. The maximum absolute atomic E-state index is 13.4. The summed E-state index contributed by atoms with van der Waals surface area (Å²) in [6.07, 6.45) is -3.16. The fourth-order valence-electron chi connectivity index (χ4n) is 4.29. The van der Waals surface area contributed by atoms with E-state index in [1.54, 1.807) is 0 Å². The standard InChI is InChI=1S/C20H39F3N2/c1-16(2,14-18(5,6)20(21,22)23)17(3,4)15-19(7,8)25-12-10-24(9)11-13-25/h10-15H2,1-9H3. The van der Waals surface area contributed by atoms with E-state index in [0.717, 1.165) is 32.6 Å². The Morgan fingerprint density at radius 1 is 0.640 bits per heavy atom. The monoisotopic (exact) mass is 364 g/mol. The third-order valence-corrected chi connectivity index (χ3v) is 6.72. The largest absolute Gasteiger partial charge is 0.393 e. The van der Waals surface area contributed by atoms with Crippen LogP contribution in [0.15, 0.2) is 0 Å². The topological polar surface area (TPSA) is 6.48 Å². The molecule has 1 heterocycles. The molecule has 150 valence electrons. The van der Waals surface area contributed by atoms with Crippen molar-refractivity contribution in [3.8, 4) is 0 Å². The van der Waals surface area contributed by atoms with E-state index in [0.29, 0.717) is 0 Å². The first kappa shape index (κ1) is 22.8. The van der Waals surface area contributed by atoms with Crippen molar-refractivity contribution in [1.29, 1.82) is 0 Å². The first-order valence-electron chi connectivity index (χ1n) is 9.42. The van der Waals surface area contributed by atoms with E-state index in [1.165, 1.54) is 13.8 Å². The van der Waals surface area contributed by atoms with Gasteiger partial charge in [-0.3, -0.25) is 4.90 Å². The Morgan fingerprint density at radius 3 is 1.44 bits per heavy atom. The minimum atomic E-state index is -4.17. The van der Waals surface area contributed by atoms with Gasteiger partial charge in [-0.1, -0.05) is 41.5 Å². The van der Waals surface area contributed by atoms with Gasteiger partial charge in [0.2, 0.25) is 0 Å². The van der Waals surface area contributed by atoms with Crippen molar-refractivity contribution in [3.63, 3.8) is 0 Å². The molecular formula is C20H39F3N2. The second-order valence-corrected chi connectivity index (χ2v) is 10.6. The maximum atomic E-state index is 13.4. The molecule has 0 spiro atoms. The van der Waals surface area contributed by atoms with Crippen molar-refractivity contribution >= 4 is 0 Å². The first-order valence-corrected chi connectivity index (χ1v) is 9.42. The molecule has 1 saturated heterocycles. The Morgan fingerprint density at radius 2 is 1.04 bits per heavy atom. The van der Waals surface area contributed by atoms with E-state index in [4.69, 9.17) is 0 Å². The molecule has 0 N–H and O–H groups in total. The van der Waals surface area contributed by atoms with Gasteiger partial charge in [0.25, 0.3) is 0 Å². The van der Waals surface area contributed by atoms with Crippen LogP contribution in [-0.4, -0.2) is 54.7 Å². The summed E-state index contributed by atoms with van der Waals surface area (Å²) in [4.78, 5) is 4.83. The SMILES string of the molecule is CN1CCN(C(C)(C)CC(C)(C)C(C)(C)CC(C)(C)C(F)(F)F)CC1. The Hall–Kier alpha value is -0.290. The molecule has 2 nitrogen and oxygen atoms in total. The summed E-state index contributed by atoms with van der Waals surface area (Å²) in [5.41, 5.74) is -2.33. The van der Waals surface area contributed by atoms with Gasteiger partial charge < -0.3 is 4.90 Å². The highest BCUT2D eigenvalue weighted by Gasteiger charge is 2.53. The number of alkyl halides is 3. The van der Waals surface area contributed by atoms with E-state index >= 15 is 0 Å². The van der Waals surface area contributed by atoms with Gasteiger partial charge in [-0.05, 0) is 44.6 Å². The molecule has 0 bridgehead atoms. The molecule has 1 aliphatic heterocycles. The minimum absolute atomic E-state index is 0.0234. The first-order chi connectivity index (χ1) is 10.9. The summed E-state index contributed by atoms with van der Waals surface area (Å²) < 4.78 is 40.2. The van der Waals surface area contributed by atoms with Crippen molar-refractivity contribution in [2.45, 2.75) is 79.9 Å². The van der Waals surface area contributed by atoms with Crippen molar-refractivity contribution in [3.05, 3.63) is 0 Å². The number of nitrogens with zero attached hydrogens (tertiary/aromatic N) is 2. The molecule has 0 unspecified atom stereocenters. The van der Waals surface area contributed by atoms with E-state index in [1.807, 2.05) is 13.8 Å². The quantitative estimate of drug-likeness (QED) is 0.620. The molecule has 5 heteroatoms. The zero-order chi connectivity index (χ0) is 19.9. The highest BCUT2D eigenvalue weighted by atomic mass is 19.4. The Bertz CT molecular complexity index is 442. The van der Waals surface area contributed by atoms with Crippen molar-refractivity contribution < 1.29 is 13.2 Å². The van der Waals surface area contributed by atoms with E-state index < -0.39 is 17.0 Å². The molecule has 0 aromatic rings. The predicted octanol–water partition coefficient (Wildman–Crippen LogP) is 5.43. The highest BCUT2D eigenvalue weighted by Crippen LogP contribution is 2.54. The van der Waals surface area contributed by atoms with Gasteiger partial charge in [0.05, 0.1) is 5.41 Å². The fraction of sp³-hybridized carbons (Fsp3) is 1.00. The summed E-state index contributed by atoms with van der Waals surface area (Å²) >= 11 is 0. The summed E-state index contributed by atoms with van der Waals surface area (Å²) in [7, 11) is 2.14. The second-order valence-electron chi connectivity index (χ2n) is 10.6. The molecule has 1 aliphatic rings. The van der Waals surface area contributed by atoms with Crippen LogP contribution in [0.1, 0.15) is 68.2 Å². The molecule has 0 aliphatic carbocycles. The molecule has 0 amide bonds. The molecular weight excluding hydrogens is 325 g/mol. The second kappa shape index (κ2) is 7.03. The number of halogens is 3. The molecule has 0 aromatic carbocycles. The molecule has 1 rings (SSSR count). The maximum Gasteiger partial charge on any atom is 0.393 e. The minimum Gasteiger partial charge on any atom is -0.304 e. The van der Waals surface area contributed by atoms with Crippen LogP contribution >= 0.6 is 0 Å². The van der Waals surface area contributed by atoms with Gasteiger partial charge in [0.15, 0.2) is 0 Å². The number of hydrogen-bond donors (Lipinski definition) is 0. The molecule has 1 fully saturated rings. The van der Waals surface area contributed by atoms with Crippen molar-refractivity contribution in [2.24, 2.45) is 16.2 Å². The van der Waals surface area contributed by atoms with Gasteiger partial charge in [0, 0.05) is 31.7 Å². The lowest BCUT2D eigenvalue weighted by Crippen LogP contribution is -2.56. The van der Waals surface area contributed by atoms with Crippen LogP contribution in [0.2, 0.25) is 0 Å². The summed E-state index contributed by atoms with van der Waals surface area (Å²) in [6, 6.07) is 0. The molecule has 25 heavy (non-hydrogen) atoms. The highest BCUT2D eigenvalue weighted by molar-refractivity contribution is 4.98. The lowest BCUT2D eigenvalue weighted by molar-refractivity contribution is -0.226. The molecule has 0 radical (unpaired) electrons. The summed E-state index contributed by atoms with van der Waals surface area (Å²) in [6.45, 7) is 19.6. The fourth-order valence-corrected chi connectivity index (χ4v) is 4.29. The van der Waals surface area contributed by atoms with E-state index in [9.17, 15) is 13.2 Å². The smallest absolute Gasteiger partial charge is 0.304 e. The zero-order valence-electron chi connectivity index (χ0n) is 17.8. The molecule has 0 atom stereocenters. The number of likely N-dealkylation sites (N-methyl/N-ethyl adjacent to an activating group) is 1. The van der Waals surface area contributed by atoms with Crippen molar-refractivity contribution in [2.75, 3.05) is 33.2 Å². The number of rotatable bonds is 6. The molecule has 0 aromatic heterocycles. The summed E-state index contributed by atoms with van der Waals surface area (Å²) in [5, 5.41) is 0. The predicted molar refractivity (Wildman–Crippen MR) is 99.8 cm³/mol. The van der Waals surface area contributed by atoms with Gasteiger partial charge in [-0.15, -0.1) is 0 Å². The Labute approximate surface area is 153 Å². The zero-order valence-corrected chi connectivity index (χ0v) is 17.8. The van der Waals surface area contributed by atoms with Gasteiger partial charge in [0.1, 0.15) is 0 Å². The average Bonchev–Trinajstić information content (AvgIpc) is 2.34. The average molecular weight is 365 g/mol. The van der Waals surface area contributed by atoms with Crippen LogP contribution in [-0.2, 0) is 0 Å². The van der Waals surface area contributed by atoms with Crippen LogP contribution in [0.3, 0.4) is 0 Å². The Balaban J connectivity index is 2.90. The van der Waals surface area contributed by atoms with E-state index in [2.05, 4.69) is 44.5 Å². The van der Waals surface area contributed by atoms with Gasteiger partial charge in [-0.25, -0.2) is 0 Å². The van der Waals surface area contributed by atoms with Crippen LogP contribution in [0, 0.1) is 16.2 Å². The third-order valence-electron chi connectivity index (χ3n) is 6.72. The Kier molecular flexibility index (Phi) is 6.40. The lowest BCUT2D eigenvalue weighted by Gasteiger charge is -2.52. The van der Waals surface area contributed by atoms with E-state index in [-0.39, 0.29) is 17.4 Å². The van der Waals surface area contributed by atoms with Crippen LogP contribution in [0.4, 0.5) is 13.2 Å². The van der Waals surface area contributed by atoms with Crippen molar-refractivity contribution in [1.82, 2.24) is 9.80 Å². The normalized spacial score (nSPS) is 20.2. The summed E-state index contributed by atoms with van der Waals surface area (Å²) in [5.74, 6) is 0. The van der Waals surface area contributed by atoms with Gasteiger partial charge in [-0.2, -0.15) is 13.2 Å². The third kappa shape index (κ3) is 5.35. The molecule has 0 saturated carbocycles. The van der Waals surface area contributed by atoms with Gasteiger partial charge >= 0.3 is 6.18 Å².